The van der Waals surface area contributed by atoms with Crippen molar-refractivity contribution in [2.24, 2.45) is 5.41 Å². The zero-order valence-corrected chi connectivity index (χ0v) is 20.4. The number of nitrogens with zero attached hydrogens (tertiary/aromatic N) is 4. The third-order valence-corrected chi connectivity index (χ3v) is 7.57. The van der Waals surface area contributed by atoms with E-state index < -0.39 is 12.1 Å². The summed E-state index contributed by atoms with van der Waals surface area (Å²) >= 11 is 0. The number of hydrogen-bond acceptors (Lipinski definition) is 5. The molecule has 1 spiro atoms. The van der Waals surface area contributed by atoms with E-state index >= 15 is 0 Å². The quantitative estimate of drug-likeness (QED) is 0.587. The topological polar surface area (TPSA) is 100 Å². The van der Waals surface area contributed by atoms with E-state index in [4.69, 9.17) is 9.90 Å². The Morgan fingerprint density at radius 2 is 1.68 bits per heavy atom. The fourth-order valence-electron chi connectivity index (χ4n) is 5.41. The number of rotatable bonds is 4. The number of fused-ring (bicyclic) bond motifs is 1. The average molecular weight is 526 g/mol. The number of hydrogen-bond donors (Lipinski definition) is 2. The fraction of sp³-hybridized carbons (Fsp3) is 0.600. The summed E-state index contributed by atoms with van der Waals surface area (Å²) < 4.78 is 47.0. The zero-order chi connectivity index (χ0) is 26.6. The molecule has 12 heteroatoms. The molecule has 8 nitrogen and oxygen atoms in total. The van der Waals surface area contributed by atoms with Crippen molar-refractivity contribution in [3.63, 3.8) is 0 Å². The molecule has 1 saturated heterocycles. The first-order chi connectivity index (χ1) is 17.5. The van der Waals surface area contributed by atoms with E-state index in [1.54, 1.807) is 0 Å². The summed E-state index contributed by atoms with van der Waals surface area (Å²) in [5.41, 5.74) is 1.37. The van der Waals surface area contributed by atoms with Gasteiger partial charge in [-0.1, -0.05) is 25.0 Å². The molecule has 2 N–H and O–H groups in total. The van der Waals surface area contributed by atoms with Crippen LogP contribution in [0.4, 0.5) is 17.6 Å². The normalized spacial score (nSPS) is 19.7. The Balaban J connectivity index is 0.000000405. The Morgan fingerprint density at radius 3 is 2.27 bits per heavy atom. The van der Waals surface area contributed by atoms with Crippen LogP contribution in [0.1, 0.15) is 67.0 Å². The van der Waals surface area contributed by atoms with Crippen molar-refractivity contribution in [3.05, 3.63) is 47.3 Å². The minimum Gasteiger partial charge on any atom is -0.475 e. The molecular weight excluding hydrogens is 494 g/mol. The summed E-state index contributed by atoms with van der Waals surface area (Å²) in [5.74, 6) is -1.56. The predicted molar refractivity (Wildman–Crippen MR) is 125 cm³/mol. The first-order valence-electron chi connectivity index (χ1n) is 12.5. The van der Waals surface area contributed by atoms with Crippen LogP contribution < -0.4 is 5.32 Å². The third-order valence-electron chi connectivity index (χ3n) is 7.57. The summed E-state index contributed by atoms with van der Waals surface area (Å²) in [6.07, 6.45) is 3.66. The van der Waals surface area contributed by atoms with Crippen molar-refractivity contribution in [2.75, 3.05) is 13.1 Å². The number of amides is 1. The highest BCUT2D eigenvalue weighted by atomic mass is 19.4. The lowest BCUT2D eigenvalue weighted by molar-refractivity contribution is -0.192. The second kappa shape index (κ2) is 11.2. The third kappa shape index (κ3) is 6.85. The number of aryl methyl sites for hydroxylation is 1. The van der Waals surface area contributed by atoms with Gasteiger partial charge in [0.05, 0.1) is 0 Å². The lowest BCUT2D eigenvalue weighted by Gasteiger charge is -2.44. The molecule has 2 fully saturated rings. The molecule has 37 heavy (non-hydrogen) atoms. The van der Waals surface area contributed by atoms with Crippen LogP contribution in [0.15, 0.2) is 24.3 Å². The average Bonchev–Trinajstić information content (AvgIpc) is 3.51. The number of carbonyl (C=O) groups is 2. The number of alkyl halides is 3. The van der Waals surface area contributed by atoms with Crippen LogP contribution in [0, 0.1) is 11.2 Å². The lowest BCUT2D eigenvalue weighted by Crippen LogP contribution is -2.45. The molecule has 2 aromatic rings. The van der Waals surface area contributed by atoms with Crippen molar-refractivity contribution in [3.8, 4) is 0 Å². The van der Waals surface area contributed by atoms with Gasteiger partial charge in [0, 0.05) is 25.6 Å². The SMILES string of the molecule is O=C(NC1CCCC1)c1nnc2n1CC1(CC2)CCN(Cc2ccc(F)cc2)CC1.O=C(O)C(F)(F)F. The summed E-state index contributed by atoms with van der Waals surface area (Å²) in [6.45, 7) is 3.76. The van der Waals surface area contributed by atoms with Crippen LogP contribution in [0.25, 0.3) is 0 Å². The minimum atomic E-state index is -5.08. The molecule has 1 amide bonds. The molecule has 2 aliphatic heterocycles. The predicted octanol–water partition coefficient (Wildman–Crippen LogP) is 3.95. The standard InChI is InChI=1S/C23H30FN5O.C2HF3O2/c24-18-7-5-17(6-8-18)15-28-13-11-23(12-14-28)10-9-20-26-27-21(29(20)16-23)22(30)25-19-3-1-2-4-19;3-2(4,5)1(6)7/h5-8,19H,1-4,9-16H2,(H,25,30);(H,6,7). The van der Waals surface area contributed by atoms with E-state index in [0.29, 0.717) is 5.82 Å². The highest BCUT2D eigenvalue weighted by Gasteiger charge is 2.40. The van der Waals surface area contributed by atoms with Crippen molar-refractivity contribution >= 4 is 11.9 Å². The monoisotopic (exact) mass is 525 g/mol. The maximum atomic E-state index is 13.1. The number of carbonyl (C=O) groups excluding carboxylic acids is 1. The van der Waals surface area contributed by atoms with Gasteiger partial charge < -0.3 is 15.0 Å². The smallest absolute Gasteiger partial charge is 0.475 e. The van der Waals surface area contributed by atoms with Gasteiger partial charge in [-0.25, -0.2) is 9.18 Å². The Kier molecular flexibility index (Phi) is 8.15. The molecule has 3 aliphatic rings. The molecule has 0 atom stereocenters. The zero-order valence-electron chi connectivity index (χ0n) is 20.4. The molecule has 1 saturated carbocycles. The number of likely N-dealkylation sites (tertiary alicyclic amines) is 1. The first-order valence-corrected chi connectivity index (χ1v) is 12.5. The van der Waals surface area contributed by atoms with Crippen molar-refractivity contribution in [1.82, 2.24) is 25.0 Å². The summed E-state index contributed by atoms with van der Waals surface area (Å²) in [4.78, 5) is 24.2. The van der Waals surface area contributed by atoms with Crippen molar-refractivity contribution in [2.45, 2.75) is 76.7 Å². The van der Waals surface area contributed by atoms with Crippen molar-refractivity contribution in [1.29, 1.82) is 0 Å². The number of nitrogens with one attached hydrogen (secondary N) is 1. The molecule has 202 valence electrons. The van der Waals surface area contributed by atoms with Gasteiger partial charge >= 0.3 is 12.1 Å². The largest absolute Gasteiger partial charge is 0.490 e. The number of carboxylic acids is 1. The summed E-state index contributed by atoms with van der Waals surface area (Å²) in [7, 11) is 0. The Bertz CT molecular complexity index is 1090. The minimum absolute atomic E-state index is 0.0635. The maximum Gasteiger partial charge on any atom is 0.490 e. The summed E-state index contributed by atoms with van der Waals surface area (Å²) in [5, 5.41) is 18.9. The van der Waals surface area contributed by atoms with Crippen LogP contribution >= 0.6 is 0 Å². The van der Waals surface area contributed by atoms with Crippen LogP contribution in [0.5, 0.6) is 0 Å². The molecule has 1 aliphatic carbocycles. The number of aliphatic carboxylic acids is 1. The van der Waals surface area contributed by atoms with Crippen LogP contribution in [-0.4, -0.2) is 62.0 Å². The Labute approximate surface area is 212 Å². The van der Waals surface area contributed by atoms with Gasteiger partial charge in [0.15, 0.2) is 0 Å². The van der Waals surface area contributed by atoms with Gasteiger partial charge in [-0.3, -0.25) is 9.69 Å². The van der Waals surface area contributed by atoms with Gasteiger partial charge in [0.1, 0.15) is 11.6 Å². The van der Waals surface area contributed by atoms with Gasteiger partial charge in [-0.2, -0.15) is 13.2 Å². The van der Waals surface area contributed by atoms with E-state index in [2.05, 4.69) is 25.0 Å². The number of piperidine rings is 1. The molecule has 5 rings (SSSR count). The van der Waals surface area contributed by atoms with E-state index in [1.165, 1.54) is 25.0 Å². The molecular formula is C25H31F4N5O3. The van der Waals surface area contributed by atoms with Crippen LogP contribution in [-0.2, 0) is 24.3 Å². The van der Waals surface area contributed by atoms with Gasteiger partial charge in [0.2, 0.25) is 5.82 Å². The number of halogens is 4. The molecule has 3 heterocycles. The molecule has 1 aromatic carbocycles. The second-order valence-corrected chi connectivity index (χ2v) is 10.2. The van der Waals surface area contributed by atoms with E-state index in [9.17, 15) is 22.4 Å². The van der Waals surface area contributed by atoms with E-state index in [-0.39, 0.29) is 23.2 Å². The van der Waals surface area contributed by atoms with Gasteiger partial charge in [-0.15, -0.1) is 10.2 Å². The maximum absolute atomic E-state index is 13.1. The molecule has 0 radical (unpaired) electrons. The fourth-order valence-corrected chi connectivity index (χ4v) is 5.41. The van der Waals surface area contributed by atoms with Crippen LogP contribution in [0.2, 0.25) is 0 Å². The van der Waals surface area contributed by atoms with Gasteiger partial charge in [0.25, 0.3) is 5.91 Å². The number of benzene rings is 1. The second-order valence-electron chi connectivity index (χ2n) is 10.2. The summed E-state index contributed by atoms with van der Waals surface area (Å²) in [6, 6.07) is 7.11. The van der Waals surface area contributed by atoms with Crippen LogP contribution in [0.3, 0.4) is 0 Å². The van der Waals surface area contributed by atoms with E-state index in [1.807, 2.05) is 12.1 Å². The first kappa shape index (κ1) is 27.0. The van der Waals surface area contributed by atoms with E-state index in [0.717, 1.165) is 76.1 Å². The van der Waals surface area contributed by atoms with Crippen molar-refractivity contribution < 1.29 is 32.3 Å². The Hall–Kier alpha value is -3.02. The lowest BCUT2D eigenvalue weighted by atomic mass is 9.73. The molecule has 0 unspecified atom stereocenters. The highest BCUT2D eigenvalue weighted by molar-refractivity contribution is 5.91. The Morgan fingerprint density at radius 1 is 1.05 bits per heavy atom. The highest BCUT2D eigenvalue weighted by Crippen LogP contribution is 2.41. The number of carboxylic acid groups (broad SMARTS) is 1. The molecule has 0 bridgehead atoms. The number of aromatic nitrogens is 3. The van der Waals surface area contributed by atoms with Gasteiger partial charge in [-0.05, 0) is 68.3 Å². The molecule has 1 aromatic heterocycles.